The number of nitrogens with zero attached hydrogens (tertiary/aromatic N) is 1. The Balaban J connectivity index is 0. The molecule has 1 aromatic carbocycles. The molecule has 0 aliphatic heterocycles. The van der Waals surface area contributed by atoms with Crippen LogP contribution >= 0.6 is 59.6 Å². The second-order valence-corrected chi connectivity index (χ2v) is 7.06. The molecule has 0 bridgehead atoms. The van der Waals surface area contributed by atoms with Gasteiger partial charge in [-0.1, -0.05) is 53.9 Å². The SMILES string of the molecule is CCCNC(c1ccc(N(CC)CC)cc1)C(Cl)(Cl)Cl.Cl.Cl. The van der Waals surface area contributed by atoms with E-state index in [1.807, 2.05) is 12.1 Å². The third-order valence-electron chi connectivity index (χ3n) is 3.28. The van der Waals surface area contributed by atoms with Crippen LogP contribution in [-0.2, 0) is 0 Å². The van der Waals surface area contributed by atoms with Crippen molar-refractivity contribution in [2.45, 2.75) is 37.0 Å². The molecule has 0 fully saturated rings. The van der Waals surface area contributed by atoms with Crippen molar-refractivity contribution in [1.29, 1.82) is 0 Å². The summed E-state index contributed by atoms with van der Waals surface area (Å²) in [5.74, 6) is 0. The maximum atomic E-state index is 6.08. The number of hydrogen-bond donors (Lipinski definition) is 1. The number of halogens is 5. The molecule has 0 aliphatic rings. The van der Waals surface area contributed by atoms with E-state index in [2.05, 4.69) is 43.1 Å². The lowest BCUT2D eigenvalue weighted by Gasteiger charge is -2.27. The number of nitrogens with one attached hydrogen (secondary N) is 1. The van der Waals surface area contributed by atoms with E-state index in [4.69, 9.17) is 34.8 Å². The molecule has 130 valence electrons. The highest BCUT2D eigenvalue weighted by molar-refractivity contribution is 6.68. The minimum absolute atomic E-state index is 0. The fraction of sp³-hybridized carbons (Fsp3) is 0.600. The standard InChI is InChI=1S/C15H23Cl3N2.2ClH/c1-4-11-19-14(15(16,17)18)12-7-9-13(10-8-12)20(5-2)6-3;;/h7-10,14,19H,4-6,11H2,1-3H3;2*1H. The molecule has 1 rings (SSSR count). The molecule has 0 spiro atoms. The number of benzene rings is 1. The zero-order chi connectivity index (χ0) is 15.2. The zero-order valence-electron chi connectivity index (χ0n) is 13.1. The molecule has 0 radical (unpaired) electrons. The van der Waals surface area contributed by atoms with E-state index in [1.54, 1.807) is 0 Å². The van der Waals surface area contributed by atoms with Crippen molar-refractivity contribution in [1.82, 2.24) is 5.32 Å². The Morgan fingerprint density at radius 2 is 1.50 bits per heavy atom. The summed E-state index contributed by atoms with van der Waals surface area (Å²) in [7, 11) is 0. The quantitative estimate of drug-likeness (QED) is 0.573. The van der Waals surface area contributed by atoms with Crippen molar-refractivity contribution in [3.05, 3.63) is 29.8 Å². The van der Waals surface area contributed by atoms with Crippen LogP contribution in [0.4, 0.5) is 5.69 Å². The maximum Gasteiger partial charge on any atom is 0.209 e. The Bertz CT molecular complexity index is 388. The highest BCUT2D eigenvalue weighted by Gasteiger charge is 2.33. The van der Waals surface area contributed by atoms with Crippen LogP contribution in [0.3, 0.4) is 0 Å². The van der Waals surface area contributed by atoms with Gasteiger partial charge in [0, 0.05) is 18.8 Å². The number of hydrogen-bond acceptors (Lipinski definition) is 2. The molecular formula is C15H25Cl5N2. The Labute approximate surface area is 161 Å². The van der Waals surface area contributed by atoms with E-state index in [0.29, 0.717) is 0 Å². The third-order valence-corrected chi connectivity index (χ3v) is 3.94. The molecule has 0 aliphatic carbocycles. The lowest BCUT2D eigenvalue weighted by molar-refractivity contribution is 0.539. The fourth-order valence-corrected chi connectivity index (χ4v) is 2.79. The predicted molar refractivity (Wildman–Crippen MR) is 106 cm³/mol. The van der Waals surface area contributed by atoms with E-state index >= 15 is 0 Å². The van der Waals surface area contributed by atoms with Gasteiger partial charge in [-0.2, -0.15) is 0 Å². The number of anilines is 1. The van der Waals surface area contributed by atoms with Crippen LogP contribution < -0.4 is 10.2 Å². The molecule has 1 unspecified atom stereocenters. The minimum Gasteiger partial charge on any atom is -0.372 e. The molecule has 0 amide bonds. The van der Waals surface area contributed by atoms with Crippen LogP contribution in [0.5, 0.6) is 0 Å². The highest BCUT2D eigenvalue weighted by atomic mass is 35.6. The summed E-state index contributed by atoms with van der Waals surface area (Å²) in [5.41, 5.74) is 2.19. The van der Waals surface area contributed by atoms with Crippen LogP contribution in [0.15, 0.2) is 24.3 Å². The Morgan fingerprint density at radius 1 is 1.00 bits per heavy atom. The van der Waals surface area contributed by atoms with Gasteiger partial charge in [-0.05, 0) is 44.5 Å². The molecule has 1 atom stereocenters. The Morgan fingerprint density at radius 3 is 1.86 bits per heavy atom. The molecular weight excluding hydrogens is 385 g/mol. The molecule has 0 saturated heterocycles. The predicted octanol–water partition coefficient (Wildman–Crippen LogP) is 5.79. The Kier molecular flexibility index (Phi) is 13.3. The first kappa shape index (κ1) is 24.7. The first-order valence-corrected chi connectivity index (χ1v) is 8.22. The minimum atomic E-state index is -1.36. The lowest BCUT2D eigenvalue weighted by atomic mass is 10.1. The maximum absolute atomic E-state index is 6.08. The monoisotopic (exact) mass is 408 g/mol. The van der Waals surface area contributed by atoms with Gasteiger partial charge >= 0.3 is 0 Å². The van der Waals surface area contributed by atoms with E-state index < -0.39 is 3.79 Å². The topological polar surface area (TPSA) is 15.3 Å². The van der Waals surface area contributed by atoms with Crippen molar-refractivity contribution in [3.63, 3.8) is 0 Å². The number of alkyl halides is 3. The van der Waals surface area contributed by atoms with E-state index in [9.17, 15) is 0 Å². The van der Waals surface area contributed by atoms with Crippen molar-refractivity contribution in [2.24, 2.45) is 0 Å². The van der Waals surface area contributed by atoms with Crippen molar-refractivity contribution in [2.75, 3.05) is 24.5 Å². The first-order chi connectivity index (χ1) is 9.43. The molecule has 0 saturated carbocycles. The van der Waals surface area contributed by atoms with Gasteiger partial charge in [-0.25, -0.2) is 0 Å². The van der Waals surface area contributed by atoms with Gasteiger partial charge < -0.3 is 10.2 Å². The van der Waals surface area contributed by atoms with Gasteiger partial charge in [0.15, 0.2) is 0 Å². The molecule has 0 aromatic heterocycles. The largest absolute Gasteiger partial charge is 0.372 e. The smallest absolute Gasteiger partial charge is 0.209 e. The van der Waals surface area contributed by atoms with Gasteiger partial charge in [0.2, 0.25) is 3.79 Å². The summed E-state index contributed by atoms with van der Waals surface area (Å²) in [5, 5.41) is 3.29. The highest BCUT2D eigenvalue weighted by Crippen LogP contribution is 2.40. The molecule has 1 aromatic rings. The summed E-state index contributed by atoms with van der Waals surface area (Å²) in [6.45, 7) is 9.16. The lowest BCUT2D eigenvalue weighted by Crippen LogP contribution is -2.32. The first-order valence-electron chi connectivity index (χ1n) is 7.09. The third kappa shape index (κ3) is 7.33. The average Bonchev–Trinajstić information content (AvgIpc) is 2.40. The van der Waals surface area contributed by atoms with Crippen LogP contribution in [-0.4, -0.2) is 23.4 Å². The van der Waals surface area contributed by atoms with Crippen molar-refractivity contribution in [3.8, 4) is 0 Å². The summed E-state index contributed by atoms with van der Waals surface area (Å²) >= 11 is 18.3. The molecule has 1 N–H and O–H groups in total. The summed E-state index contributed by atoms with van der Waals surface area (Å²) in [6.07, 6.45) is 0.995. The van der Waals surface area contributed by atoms with Crippen molar-refractivity contribution < 1.29 is 0 Å². The van der Waals surface area contributed by atoms with E-state index in [1.165, 1.54) is 5.69 Å². The summed E-state index contributed by atoms with van der Waals surface area (Å²) < 4.78 is -1.36. The van der Waals surface area contributed by atoms with Crippen molar-refractivity contribution >= 4 is 65.3 Å². The van der Waals surface area contributed by atoms with Gasteiger partial charge in [0.05, 0.1) is 6.04 Å². The van der Waals surface area contributed by atoms with Crippen LogP contribution in [0.2, 0.25) is 0 Å². The fourth-order valence-electron chi connectivity index (χ4n) is 2.18. The zero-order valence-corrected chi connectivity index (χ0v) is 17.0. The van der Waals surface area contributed by atoms with Gasteiger partial charge in [-0.15, -0.1) is 24.8 Å². The number of rotatable bonds is 7. The molecule has 22 heavy (non-hydrogen) atoms. The molecule has 0 heterocycles. The van der Waals surface area contributed by atoms with Crippen LogP contribution in [0, 0.1) is 0 Å². The van der Waals surface area contributed by atoms with E-state index in [0.717, 1.165) is 31.6 Å². The van der Waals surface area contributed by atoms with E-state index in [-0.39, 0.29) is 30.9 Å². The summed E-state index contributed by atoms with van der Waals surface area (Å²) in [4.78, 5) is 2.29. The van der Waals surface area contributed by atoms with Gasteiger partial charge in [0.25, 0.3) is 0 Å². The van der Waals surface area contributed by atoms with Crippen LogP contribution in [0.1, 0.15) is 38.8 Å². The Hall–Kier alpha value is 0.430. The van der Waals surface area contributed by atoms with Gasteiger partial charge in [-0.3, -0.25) is 0 Å². The van der Waals surface area contributed by atoms with Crippen LogP contribution in [0.25, 0.3) is 0 Å². The molecule has 7 heteroatoms. The second-order valence-electron chi connectivity index (χ2n) is 4.69. The summed E-state index contributed by atoms with van der Waals surface area (Å²) in [6, 6.07) is 7.93. The average molecular weight is 411 g/mol. The molecule has 2 nitrogen and oxygen atoms in total. The normalized spacial score (nSPS) is 12.1. The second kappa shape index (κ2) is 11.9. The van der Waals surface area contributed by atoms with Gasteiger partial charge in [0.1, 0.15) is 0 Å².